The Hall–Kier alpha value is -1.54. The molecule has 0 spiro atoms. The summed E-state index contributed by atoms with van der Waals surface area (Å²) in [7, 11) is 11.2. The molecule has 0 aliphatic carbocycles. The predicted molar refractivity (Wildman–Crippen MR) is 126 cm³/mol. The zero-order valence-corrected chi connectivity index (χ0v) is 16.6. The summed E-state index contributed by atoms with van der Waals surface area (Å²) in [5.74, 6) is 0. The summed E-state index contributed by atoms with van der Waals surface area (Å²) in [6.45, 7) is 0. The minimum atomic E-state index is 1.11. The van der Waals surface area contributed by atoms with E-state index in [2.05, 4.69) is 104 Å². The summed E-state index contributed by atoms with van der Waals surface area (Å²) >= 11 is 3.50. The van der Waals surface area contributed by atoms with E-state index in [1.807, 2.05) is 0 Å². The van der Waals surface area contributed by atoms with Gasteiger partial charge < -0.3 is 0 Å². The number of benzene rings is 3. The van der Waals surface area contributed by atoms with Gasteiger partial charge in [0.1, 0.15) is 39.2 Å². The standard InChI is InChI=1S/C18H18B5Br/c19-14-13(15(20)17(22)18(23)16(14)21)11-3-1-9(2-4-11)10-5-7-12(24)8-6-10/h1-8H,19-23H2. The maximum absolute atomic E-state index is 3.50. The molecule has 6 heteroatoms. The summed E-state index contributed by atoms with van der Waals surface area (Å²) in [6, 6.07) is 17.4. The van der Waals surface area contributed by atoms with Crippen LogP contribution in [-0.2, 0) is 0 Å². The number of rotatable bonds is 2. The summed E-state index contributed by atoms with van der Waals surface area (Å²) in [5.41, 5.74) is 12.2. The van der Waals surface area contributed by atoms with Crippen LogP contribution in [0.3, 0.4) is 0 Å². The fraction of sp³-hybridized carbons (Fsp3) is 0. The molecule has 112 valence electrons. The second-order valence-electron chi connectivity index (χ2n) is 6.58. The maximum Gasteiger partial charge on any atom is 0.139 e. The van der Waals surface area contributed by atoms with E-state index in [4.69, 9.17) is 0 Å². The number of hydrogen-bond acceptors (Lipinski definition) is 0. The van der Waals surface area contributed by atoms with Gasteiger partial charge >= 0.3 is 0 Å². The molecule has 0 aromatic heterocycles. The molecule has 0 unspecified atom stereocenters. The van der Waals surface area contributed by atoms with Crippen LogP contribution in [0.15, 0.2) is 53.0 Å². The second-order valence-corrected chi connectivity index (χ2v) is 7.50. The van der Waals surface area contributed by atoms with Gasteiger partial charge in [0.2, 0.25) is 0 Å². The lowest BCUT2D eigenvalue weighted by atomic mass is 9.59. The molecule has 3 aromatic carbocycles. The average Bonchev–Trinajstić information content (AvgIpc) is 2.60. The quantitative estimate of drug-likeness (QED) is 0.425. The normalized spacial score (nSPS) is 10.7. The monoisotopic (exact) mass is 368 g/mol. The highest BCUT2D eigenvalue weighted by atomic mass is 79.9. The van der Waals surface area contributed by atoms with Gasteiger partial charge in [-0.2, -0.15) is 0 Å². The van der Waals surface area contributed by atoms with Gasteiger partial charge in [0, 0.05) is 4.47 Å². The van der Waals surface area contributed by atoms with Crippen LogP contribution >= 0.6 is 15.9 Å². The van der Waals surface area contributed by atoms with Gasteiger partial charge in [-0.25, -0.2) is 0 Å². The van der Waals surface area contributed by atoms with Crippen LogP contribution in [0.1, 0.15) is 0 Å². The molecule has 0 amide bonds. The van der Waals surface area contributed by atoms with E-state index in [1.165, 1.54) is 49.6 Å². The topological polar surface area (TPSA) is 0 Å². The summed E-state index contributed by atoms with van der Waals surface area (Å²) in [4.78, 5) is 0. The Morgan fingerprint density at radius 3 is 1.25 bits per heavy atom. The predicted octanol–water partition coefficient (Wildman–Crippen LogP) is -2.92. The van der Waals surface area contributed by atoms with Gasteiger partial charge in [0.15, 0.2) is 0 Å². The molecule has 0 radical (unpaired) electrons. The Morgan fingerprint density at radius 1 is 0.458 bits per heavy atom. The molecule has 24 heavy (non-hydrogen) atoms. The first-order valence-electron chi connectivity index (χ1n) is 8.33. The average molecular weight is 368 g/mol. The van der Waals surface area contributed by atoms with Crippen LogP contribution < -0.4 is 27.3 Å². The Bertz CT molecular complexity index is 873. The van der Waals surface area contributed by atoms with Crippen LogP contribution in [0.4, 0.5) is 0 Å². The molecule has 0 saturated heterocycles. The highest BCUT2D eigenvalue weighted by Gasteiger charge is 2.12. The molecule has 0 fully saturated rings. The first kappa shape index (κ1) is 17.3. The number of hydrogen-bond donors (Lipinski definition) is 0. The van der Waals surface area contributed by atoms with E-state index < -0.39 is 0 Å². The van der Waals surface area contributed by atoms with Gasteiger partial charge in [-0.05, 0) is 34.4 Å². The highest BCUT2D eigenvalue weighted by molar-refractivity contribution is 9.10. The van der Waals surface area contributed by atoms with Crippen molar-refractivity contribution in [3.05, 3.63) is 53.0 Å². The van der Waals surface area contributed by atoms with Crippen LogP contribution in [0.25, 0.3) is 22.3 Å². The van der Waals surface area contributed by atoms with Gasteiger partial charge in [-0.15, -0.1) is 16.4 Å². The maximum atomic E-state index is 3.50. The SMILES string of the molecule is Bc1c(B)c(B)c(-c2ccc(-c3ccc(Br)cc3)cc2)c(B)c1B. The lowest BCUT2D eigenvalue weighted by Crippen LogP contribution is -2.55. The van der Waals surface area contributed by atoms with Crippen molar-refractivity contribution in [2.75, 3.05) is 0 Å². The van der Waals surface area contributed by atoms with Crippen molar-refractivity contribution in [1.29, 1.82) is 0 Å². The zero-order valence-electron chi connectivity index (χ0n) is 15.0. The minimum Gasteiger partial charge on any atom is -0.102 e. The van der Waals surface area contributed by atoms with Gasteiger partial charge in [0.05, 0.1) is 0 Å². The highest BCUT2D eigenvalue weighted by Crippen LogP contribution is 2.24. The van der Waals surface area contributed by atoms with Crippen molar-refractivity contribution >= 4 is 82.5 Å². The molecule has 0 saturated carbocycles. The molecule has 0 aliphatic heterocycles. The van der Waals surface area contributed by atoms with Crippen LogP contribution in [0.2, 0.25) is 0 Å². The summed E-state index contributed by atoms with van der Waals surface area (Å²) in [5, 5.41) is 0. The van der Waals surface area contributed by atoms with Gasteiger partial charge in [-0.3, -0.25) is 0 Å². The lowest BCUT2D eigenvalue weighted by Gasteiger charge is -2.20. The molecule has 3 aromatic rings. The summed E-state index contributed by atoms with van der Waals surface area (Å²) in [6.07, 6.45) is 0. The fourth-order valence-corrected chi connectivity index (χ4v) is 3.67. The molecular formula is C18H18B5Br. The van der Waals surface area contributed by atoms with E-state index in [0.29, 0.717) is 0 Å². The Kier molecular flexibility index (Phi) is 4.87. The molecule has 0 aliphatic rings. The Labute approximate surface area is 157 Å². The molecular weight excluding hydrogens is 350 g/mol. The first-order chi connectivity index (χ1) is 11.4. The Morgan fingerprint density at radius 2 is 0.792 bits per heavy atom. The molecule has 0 N–H and O–H groups in total. The van der Waals surface area contributed by atoms with Crippen molar-refractivity contribution in [2.45, 2.75) is 0 Å². The minimum absolute atomic E-state index is 1.11. The smallest absolute Gasteiger partial charge is 0.102 e. The third kappa shape index (κ3) is 3.04. The zero-order chi connectivity index (χ0) is 17.4. The first-order valence-corrected chi connectivity index (χ1v) is 9.12. The van der Waals surface area contributed by atoms with E-state index in [-0.39, 0.29) is 0 Å². The van der Waals surface area contributed by atoms with Crippen LogP contribution in [-0.4, -0.2) is 39.2 Å². The fourth-order valence-electron chi connectivity index (χ4n) is 3.40. The Balaban J connectivity index is 2.08. The van der Waals surface area contributed by atoms with E-state index in [9.17, 15) is 0 Å². The van der Waals surface area contributed by atoms with Crippen molar-refractivity contribution in [3.8, 4) is 22.3 Å². The van der Waals surface area contributed by atoms with Crippen molar-refractivity contribution in [2.24, 2.45) is 0 Å². The van der Waals surface area contributed by atoms with Gasteiger partial charge in [-0.1, -0.05) is 63.3 Å². The largest absolute Gasteiger partial charge is 0.139 e. The van der Waals surface area contributed by atoms with Gasteiger partial charge in [0.25, 0.3) is 0 Å². The molecule has 0 bridgehead atoms. The number of halogens is 1. The van der Waals surface area contributed by atoms with Crippen molar-refractivity contribution < 1.29 is 0 Å². The molecule has 0 nitrogen and oxygen atoms in total. The van der Waals surface area contributed by atoms with Crippen molar-refractivity contribution in [1.82, 2.24) is 0 Å². The van der Waals surface area contributed by atoms with Crippen LogP contribution in [0.5, 0.6) is 0 Å². The lowest BCUT2D eigenvalue weighted by molar-refractivity contribution is 1.59. The molecule has 3 rings (SSSR count). The van der Waals surface area contributed by atoms with E-state index >= 15 is 0 Å². The summed E-state index contributed by atoms with van der Waals surface area (Å²) < 4.78 is 1.11. The van der Waals surface area contributed by atoms with E-state index in [0.717, 1.165) is 4.47 Å². The van der Waals surface area contributed by atoms with E-state index in [1.54, 1.807) is 0 Å². The van der Waals surface area contributed by atoms with Crippen molar-refractivity contribution in [3.63, 3.8) is 0 Å². The van der Waals surface area contributed by atoms with Crippen LogP contribution in [0, 0.1) is 0 Å². The molecule has 0 heterocycles. The molecule has 0 atom stereocenters. The third-order valence-electron chi connectivity index (χ3n) is 5.35. The third-order valence-corrected chi connectivity index (χ3v) is 5.88. The second kappa shape index (κ2) is 6.76.